The molecule has 0 spiro atoms. The third-order valence-electron chi connectivity index (χ3n) is 3.23. The van der Waals surface area contributed by atoms with Gasteiger partial charge in [-0.1, -0.05) is 27.7 Å². The van der Waals surface area contributed by atoms with Crippen molar-refractivity contribution in [2.45, 2.75) is 46.1 Å². The van der Waals surface area contributed by atoms with Crippen LogP contribution in [0.5, 0.6) is 5.88 Å². The van der Waals surface area contributed by atoms with Gasteiger partial charge < -0.3 is 4.74 Å². The Labute approximate surface area is 129 Å². The molecule has 5 heteroatoms. The first-order valence-corrected chi connectivity index (χ1v) is 7.32. The molecule has 0 radical (unpaired) electrons. The van der Waals surface area contributed by atoms with E-state index in [-0.39, 0.29) is 24.0 Å². The molecule has 0 saturated heterocycles. The second-order valence-electron chi connectivity index (χ2n) is 5.82. The highest BCUT2D eigenvalue weighted by molar-refractivity contribution is 5.22. The van der Waals surface area contributed by atoms with Gasteiger partial charge in [0, 0.05) is 17.5 Å². The van der Waals surface area contributed by atoms with Crippen LogP contribution in [0.2, 0.25) is 0 Å². The summed E-state index contributed by atoms with van der Waals surface area (Å²) in [4.78, 5) is 8.83. The van der Waals surface area contributed by atoms with Crippen molar-refractivity contribution >= 4 is 0 Å². The Morgan fingerprint density at radius 2 is 1.73 bits per heavy atom. The zero-order valence-corrected chi connectivity index (χ0v) is 13.2. The molecule has 3 nitrogen and oxygen atoms in total. The van der Waals surface area contributed by atoms with Crippen LogP contribution in [0.15, 0.2) is 24.3 Å². The fourth-order valence-electron chi connectivity index (χ4n) is 1.89. The Bertz CT molecular complexity index is 631. The van der Waals surface area contributed by atoms with E-state index in [1.54, 1.807) is 6.07 Å². The molecule has 118 valence electrons. The number of ether oxygens (including phenoxy) is 1. The van der Waals surface area contributed by atoms with Crippen molar-refractivity contribution in [3.8, 4) is 5.88 Å². The first kappa shape index (κ1) is 16.3. The van der Waals surface area contributed by atoms with Crippen LogP contribution in [-0.2, 0) is 6.61 Å². The van der Waals surface area contributed by atoms with Gasteiger partial charge in [0.05, 0.1) is 5.69 Å². The SMILES string of the molecule is CC(C)c1cc(OCc2cc(F)ccc2F)nc(C(C)C)n1. The van der Waals surface area contributed by atoms with Crippen LogP contribution in [0.4, 0.5) is 8.78 Å². The Hall–Kier alpha value is -2.04. The van der Waals surface area contributed by atoms with E-state index in [1.807, 2.05) is 27.7 Å². The molecule has 2 aromatic rings. The molecule has 1 heterocycles. The summed E-state index contributed by atoms with van der Waals surface area (Å²) in [6.07, 6.45) is 0. The Morgan fingerprint density at radius 1 is 1.00 bits per heavy atom. The fourth-order valence-corrected chi connectivity index (χ4v) is 1.89. The van der Waals surface area contributed by atoms with E-state index in [1.165, 1.54) is 0 Å². The molecule has 1 aromatic carbocycles. The number of nitrogens with zero attached hydrogens (tertiary/aromatic N) is 2. The van der Waals surface area contributed by atoms with Crippen molar-refractivity contribution in [2.75, 3.05) is 0 Å². The van der Waals surface area contributed by atoms with Crippen molar-refractivity contribution in [3.63, 3.8) is 0 Å². The average Bonchev–Trinajstić information content (AvgIpc) is 2.47. The van der Waals surface area contributed by atoms with Gasteiger partial charge in [0.15, 0.2) is 0 Å². The smallest absolute Gasteiger partial charge is 0.217 e. The largest absolute Gasteiger partial charge is 0.473 e. The minimum absolute atomic E-state index is 0.0737. The normalized spacial score (nSPS) is 11.3. The van der Waals surface area contributed by atoms with Crippen LogP contribution in [0.1, 0.15) is 56.6 Å². The number of hydrogen-bond acceptors (Lipinski definition) is 3. The molecule has 0 unspecified atom stereocenters. The molecule has 0 aliphatic carbocycles. The molecule has 22 heavy (non-hydrogen) atoms. The highest BCUT2D eigenvalue weighted by atomic mass is 19.1. The van der Waals surface area contributed by atoms with Gasteiger partial charge in [0.25, 0.3) is 0 Å². The standard InChI is InChI=1S/C17H20F2N2O/c1-10(2)15-8-16(21-17(20-15)11(3)4)22-9-12-7-13(18)5-6-14(12)19/h5-8,10-11H,9H2,1-4H3. The number of hydrogen-bond donors (Lipinski definition) is 0. The minimum atomic E-state index is -0.497. The second-order valence-corrected chi connectivity index (χ2v) is 5.82. The van der Waals surface area contributed by atoms with Crippen molar-refractivity contribution < 1.29 is 13.5 Å². The summed E-state index contributed by atoms with van der Waals surface area (Å²) < 4.78 is 32.3. The Balaban J connectivity index is 2.23. The predicted molar refractivity (Wildman–Crippen MR) is 80.9 cm³/mol. The molecule has 0 aliphatic heterocycles. The third kappa shape index (κ3) is 4.00. The van der Waals surface area contributed by atoms with E-state index in [2.05, 4.69) is 9.97 Å². The highest BCUT2D eigenvalue weighted by Crippen LogP contribution is 2.22. The van der Waals surface area contributed by atoms with Crippen LogP contribution in [-0.4, -0.2) is 9.97 Å². The fraction of sp³-hybridized carbons (Fsp3) is 0.412. The predicted octanol–water partition coefficient (Wildman–Crippen LogP) is 4.58. The summed E-state index contributed by atoms with van der Waals surface area (Å²) in [7, 11) is 0. The molecule has 0 bridgehead atoms. The van der Waals surface area contributed by atoms with Crippen LogP contribution < -0.4 is 4.74 Å². The van der Waals surface area contributed by atoms with Gasteiger partial charge in [-0.2, -0.15) is 4.98 Å². The number of benzene rings is 1. The average molecular weight is 306 g/mol. The van der Waals surface area contributed by atoms with Crippen LogP contribution in [0.25, 0.3) is 0 Å². The van der Waals surface area contributed by atoms with E-state index in [0.29, 0.717) is 11.7 Å². The first-order valence-electron chi connectivity index (χ1n) is 7.32. The van der Waals surface area contributed by atoms with Crippen molar-refractivity contribution in [3.05, 3.63) is 53.0 Å². The maximum Gasteiger partial charge on any atom is 0.217 e. The lowest BCUT2D eigenvalue weighted by Crippen LogP contribution is -2.07. The lowest BCUT2D eigenvalue weighted by atomic mass is 10.1. The molecule has 0 atom stereocenters. The molecule has 0 saturated carbocycles. The quantitative estimate of drug-likeness (QED) is 0.811. The van der Waals surface area contributed by atoms with E-state index >= 15 is 0 Å². The van der Waals surface area contributed by atoms with E-state index < -0.39 is 11.6 Å². The van der Waals surface area contributed by atoms with Crippen LogP contribution >= 0.6 is 0 Å². The molecular formula is C17H20F2N2O. The summed E-state index contributed by atoms with van der Waals surface area (Å²) in [5, 5.41) is 0. The van der Waals surface area contributed by atoms with Gasteiger partial charge in [0.2, 0.25) is 5.88 Å². The summed E-state index contributed by atoms with van der Waals surface area (Å²) >= 11 is 0. The molecule has 0 aliphatic rings. The van der Waals surface area contributed by atoms with Gasteiger partial charge in [-0.05, 0) is 24.1 Å². The number of rotatable bonds is 5. The molecule has 0 amide bonds. The Morgan fingerprint density at radius 3 is 2.36 bits per heavy atom. The zero-order valence-electron chi connectivity index (χ0n) is 13.2. The third-order valence-corrected chi connectivity index (χ3v) is 3.23. The van der Waals surface area contributed by atoms with Gasteiger partial charge in [-0.3, -0.25) is 0 Å². The minimum Gasteiger partial charge on any atom is -0.473 e. The number of halogens is 2. The van der Waals surface area contributed by atoms with E-state index in [4.69, 9.17) is 4.74 Å². The van der Waals surface area contributed by atoms with Crippen LogP contribution in [0, 0.1) is 11.6 Å². The van der Waals surface area contributed by atoms with Gasteiger partial charge >= 0.3 is 0 Å². The maximum atomic E-state index is 13.6. The summed E-state index contributed by atoms with van der Waals surface area (Å²) in [6, 6.07) is 5.04. The topological polar surface area (TPSA) is 35.0 Å². The highest BCUT2D eigenvalue weighted by Gasteiger charge is 2.12. The second kappa shape index (κ2) is 6.81. The monoisotopic (exact) mass is 306 g/mol. The van der Waals surface area contributed by atoms with Gasteiger partial charge in [-0.25, -0.2) is 13.8 Å². The summed E-state index contributed by atoms with van der Waals surface area (Å²) in [6.45, 7) is 7.98. The Kier molecular flexibility index (Phi) is 5.06. The number of aromatic nitrogens is 2. The molecule has 0 N–H and O–H groups in total. The first-order chi connectivity index (χ1) is 10.4. The van der Waals surface area contributed by atoms with Gasteiger partial charge in [-0.15, -0.1) is 0 Å². The summed E-state index contributed by atoms with van der Waals surface area (Å²) in [5.74, 6) is 0.463. The van der Waals surface area contributed by atoms with Crippen molar-refractivity contribution in [1.29, 1.82) is 0 Å². The maximum absolute atomic E-state index is 13.6. The van der Waals surface area contributed by atoms with Crippen molar-refractivity contribution in [2.24, 2.45) is 0 Å². The molecule has 0 fully saturated rings. The van der Waals surface area contributed by atoms with E-state index in [9.17, 15) is 8.78 Å². The lowest BCUT2D eigenvalue weighted by Gasteiger charge is -2.13. The molecule has 2 rings (SSSR count). The van der Waals surface area contributed by atoms with Crippen LogP contribution in [0.3, 0.4) is 0 Å². The zero-order chi connectivity index (χ0) is 16.3. The van der Waals surface area contributed by atoms with E-state index in [0.717, 1.165) is 23.9 Å². The van der Waals surface area contributed by atoms with Crippen molar-refractivity contribution in [1.82, 2.24) is 9.97 Å². The molecular weight excluding hydrogens is 286 g/mol. The van der Waals surface area contributed by atoms with Gasteiger partial charge in [0.1, 0.15) is 24.1 Å². The lowest BCUT2D eigenvalue weighted by molar-refractivity contribution is 0.284. The summed E-state index contributed by atoms with van der Waals surface area (Å²) in [5.41, 5.74) is 1.03. The molecule has 1 aromatic heterocycles.